The maximum absolute atomic E-state index is 11.9. The van der Waals surface area contributed by atoms with Gasteiger partial charge in [-0.05, 0) is 25.2 Å². The molecule has 102 valence electrons. The van der Waals surface area contributed by atoms with Gasteiger partial charge in [0.2, 0.25) is 5.91 Å². The first-order valence-electron chi connectivity index (χ1n) is 5.81. The zero-order chi connectivity index (χ0) is 11.3. The minimum Gasteiger partial charge on any atom is -0.338 e. The van der Waals surface area contributed by atoms with Crippen molar-refractivity contribution in [2.45, 2.75) is 38.6 Å². The number of hydrogen-bond donors (Lipinski definition) is 1. The fourth-order valence-electron chi connectivity index (χ4n) is 2.29. The molecule has 17 heavy (non-hydrogen) atoms. The summed E-state index contributed by atoms with van der Waals surface area (Å²) in [6.07, 6.45) is 5.43. The van der Waals surface area contributed by atoms with Crippen LogP contribution in [0, 0.1) is 5.92 Å². The van der Waals surface area contributed by atoms with Crippen molar-refractivity contribution in [2.24, 2.45) is 11.7 Å². The van der Waals surface area contributed by atoms with Crippen molar-refractivity contribution >= 4 is 30.7 Å². The molecule has 0 saturated carbocycles. The van der Waals surface area contributed by atoms with Gasteiger partial charge in [-0.15, -0.1) is 31.4 Å². The molecule has 0 bridgehead atoms. The van der Waals surface area contributed by atoms with E-state index in [0.29, 0.717) is 18.9 Å². The molecule has 2 N–H and O–H groups in total. The van der Waals surface area contributed by atoms with Crippen LogP contribution in [-0.2, 0) is 4.79 Å². The second-order valence-electron chi connectivity index (χ2n) is 4.34. The van der Waals surface area contributed by atoms with Crippen LogP contribution in [0.2, 0.25) is 0 Å². The third-order valence-corrected chi connectivity index (χ3v) is 3.24. The van der Waals surface area contributed by atoms with E-state index in [4.69, 9.17) is 5.73 Å². The van der Waals surface area contributed by atoms with Crippen molar-refractivity contribution < 1.29 is 4.79 Å². The first-order valence-corrected chi connectivity index (χ1v) is 5.81. The van der Waals surface area contributed by atoms with Crippen LogP contribution in [0.1, 0.15) is 32.6 Å². The van der Waals surface area contributed by atoms with Crippen LogP contribution in [0.15, 0.2) is 12.7 Å². The molecule has 0 aromatic rings. The van der Waals surface area contributed by atoms with Gasteiger partial charge < -0.3 is 10.6 Å². The Labute approximate surface area is 117 Å². The highest BCUT2D eigenvalue weighted by Crippen LogP contribution is 2.23. The average Bonchev–Trinajstić information content (AvgIpc) is 2.25. The van der Waals surface area contributed by atoms with Crippen LogP contribution in [0.25, 0.3) is 0 Å². The first-order chi connectivity index (χ1) is 7.20. The molecular weight excluding hydrogens is 259 g/mol. The fourth-order valence-corrected chi connectivity index (χ4v) is 2.29. The van der Waals surface area contributed by atoms with E-state index >= 15 is 0 Å². The number of carbonyl (C=O) groups is 1. The normalized spacial score (nSPS) is 23.3. The molecule has 1 rings (SSSR count). The SMILES string of the molecule is C=CCCC(=O)N1CCCC(C)C1CN.Cl.Cl. The summed E-state index contributed by atoms with van der Waals surface area (Å²) < 4.78 is 0. The Morgan fingerprint density at radius 3 is 2.71 bits per heavy atom. The van der Waals surface area contributed by atoms with Crippen LogP contribution >= 0.6 is 24.8 Å². The lowest BCUT2D eigenvalue weighted by atomic mass is 9.90. The maximum atomic E-state index is 11.9. The average molecular weight is 283 g/mol. The zero-order valence-corrected chi connectivity index (χ0v) is 12.1. The van der Waals surface area contributed by atoms with E-state index < -0.39 is 0 Å². The highest BCUT2D eigenvalue weighted by Gasteiger charge is 2.29. The van der Waals surface area contributed by atoms with Gasteiger partial charge in [0.25, 0.3) is 0 Å². The van der Waals surface area contributed by atoms with Crippen molar-refractivity contribution in [3.63, 3.8) is 0 Å². The van der Waals surface area contributed by atoms with E-state index in [2.05, 4.69) is 13.5 Å². The van der Waals surface area contributed by atoms with E-state index in [1.165, 1.54) is 6.42 Å². The second kappa shape index (κ2) is 9.75. The molecule has 2 atom stereocenters. The number of carbonyl (C=O) groups excluding carboxylic acids is 1. The second-order valence-corrected chi connectivity index (χ2v) is 4.34. The van der Waals surface area contributed by atoms with Gasteiger partial charge >= 0.3 is 0 Å². The Bertz CT molecular complexity index is 237. The van der Waals surface area contributed by atoms with Gasteiger partial charge in [-0.2, -0.15) is 0 Å². The largest absolute Gasteiger partial charge is 0.338 e. The van der Waals surface area contributed by atoms with Crippen molar-refractivity contribution in [2.75, 3.05) is 13.1 Å². The van der Waals surface area contributed by atoms with Crippen LogP contribution in [-0.4, -0.2) is 29.9 Å². The Morgan fingerprint density at radius 2 is 2.18 bits per heavy atom. The fraction of sp³-hybridized carbons (Fsp3) is 0.750. The highest BCUT2D eigenvalue weighted by atomic mass is 35.5. The molecular formula is C12H24Cl2N2O. The lowest BCUT2D eigenvalue weighted by molar-refractivity contribution is -0.135. The molecule has 2 unspecified atom stereocenters. The Balaban J connectivity index is 0. The molecule has 1 aliphatic heterocycles. The molecule has 0 spiro atoms. The predicted octanol–water partition coefficient (Wildman–Crippen LogP) is 2.38. The molecule has 0 aliphatic carbocycles. The van der Waals surface area contributed by atoms with Crippen LogP contribution < -0.4 is 5.73 Å². The number of allylic oxidation sites excluding steroid dienone is 1. The standard InChI is InChI=1S/C12H22N2O.2ClH/c1-3-4-7-12(15)14-8-5-6-10(2)11(14)9-13;;/h3,10-11H,1,4-9,13H2,2H3;2*1H. The predicted molar refractivity (Wildman–Crippen MR) is 76.9 cm³/mol. The molecule has 5 heteroatoms. The van der Waals surface area contributed by atoms with E-state index in [0.717, 1.165) is 19.4 Å². The molecule has 0 radical (unpaired) electrons. The number of nitrogens with zero attached hydrogens (tertiary/aromatic N) is 1. The highest BCUT2D eigenvalue weighted by molar-refractivity contribution is 5.85. The first kappa shape index (κ1) is 19.1. The molecule has 0 aromatic heterocycles. The van der Waals surface area contributed by atoms with Gasteiger partial charge in [0.05, 0.1) is 0 Å². The third-order valence-electron chi connectivity index (χ3n) is 3.24. The smallest absolute Gasteiger partial charge is 0.223 e. The van der Waals surface area contributed by atoms with Gasteiger partial charge in [-0.1, -0.05) is 13.0 Å². The summed E-state index contributed by atoms with van der Waals surface area (Å²) >= 11 is 0. The van der Waals surface area contributed by atoms with Gasteiger partial charge in [-0.3, -0.25) is 4.79 Å². The van der Waals surface area contributed by atoms with Gasteiger partial charge in [0.15, 0.2) is 0 Å². The van der Waals surface area contributed by atoms with Crippen LogP contribution in [0.3, 0.4) is 0 Å². The van der Waals surface area contributed by atoms with Crippen molar-refractivity contribution in [1.82, 2.24) is 4.90 Å². The molecule has 1 heterocycles. The molecule has 3 nitrogen and oxygen atoms in total. The van der Waals surface area contributed by atoms with Crippen molar-refractivity contribution in [3.05, 3.63) is 12.7 Å². The Hall–Kier alpha value is -0.250. The Morgan fingerprint density at radius 1 is 1.53 bits per heavy atom. The number of amides is 1. The number of piperidine rings is 1. The molecule has 1 aliphatic rings. The Kier molecular flexibility index (Phi) is 10.9. The monoisotopic (exact) mass is 282 g/mol. The lowest BCUT2D eigenvalue weighted by Gasteiger charge is -2.39. The van der Waals surface area contributed by atoms with Gasteiger partial charge in [0.1, 0.15) is 0 Å². The number of rotatable bonds is 4. The zero-order valence-electron chi connectivity index (χ0n) is 10.4. The summed E-state index contributed by atoms with van der Waals surface area (Å²) in [5, 5.41) is 0. The summed E-state index contributed by atoms with van der Waals surface area (Å²) in [6, 6.07) is 0.246. The van der Waals surface area contributed by atoms with E-state index in [-0.39, 0.29) is 36.8 Å². The topological polar surface area (TPSA) is 46.3 Å². The summed E-state index contributed by atoms with van der Waals surface area (Å²) in [5.74, 6) is 0.772. The summed E-state index contributed by atoms with van der Waals surface area (Å²) in [7, 11) is 0. The minimum atomic E-state index is 0. The number of likely N-dealkylation sites (tertiary alicyclic amines) is 1. The molecule has 1 fully saturated rings. The third kappa shape index (κ3) is 5.28. The van der Waals surface area contributed by atoms with Gasteiger partial charge in [0, 0.05) is 25.6 Å². The van der Waals surface area contributed by atoms with Crippen molar-refractivity contribution in [1.29, 1.82) is 0 Å². The summed E-state index contributed by atoms with van der Waals surface area (Å²) in [4.78, 5) is 13.9. The van der Waals surface area contributed by atoms with E-state index in [1.54, 1.807) is 6.08 Å². The molecule has 1 amide bonds. The number of nitrogens with two attached hydrogens (primary N) is 1. The minimum absolute atomic E-state index is 0. The lowest BCUT2D eigenvalue weighted by Crippen LogP contribution is -2.51. The summed E-state index contributed by atoms with van der Waals surface area (Å²) in [5.41, 5.74) is 5.74. The number of hydrogen-bond acceptors (Lipinski definition) is 2. The number of halogens is 2. The quantitative estimate of drug-likeness (QED) is 0.805. The van der Waals surface area contributed by atoms with Crippen LogP contribution in [0.4, 0.5) is 0 Å². The summed E-state index contributed by atoms with van der Waals surface area (Å²) in [6.45, 7) is 7.28. The van der Waals surface area contributed by atoms with Gasteiger partial charge in [-0.25, -0.2) is 0 Å². The molecule has 1 saturated heterocycles. The van der Waals surface area contributed by atoms with Crippen molar-refractivity contribution in [3.8, 4) is 0 Å². The van der Waals surface area contributed by atoms with E-state index in [1.807, 2.05) is 4.90 Å². The molecule has 0 aromatic carbocycles. The maximum Gasteiger partial charge on any atom is 0.223 e. The van der Waals surface area contributed by atoms with Crippen LogP contribution in [0.5, 0.6) is 0 Å². The van der Waals surface area contributed by atoms with E-state index in [9.17, 15) is 4.79 Å².